The number of rotatable bonds is 3. The van der Waals surface area contributed by atoms with Gasteiger partial charge in [0.05, 0.1) is 12.8 Å². The summed E-state index contributed by atoms with van der Waals surface area (Å²) in [5.41, 5.74) is 6.38. The van der Waals surface area contributed by atoms with Crippen LogP contribution in [0.4, 0.5) is 5.13 Å². The Labute approximate surface area is 90.9 Å². The van der Waals surface area contributed by atoms with Gasteiger partial charge in [0.1, 0.15) is 5.75 Å². The summed E-state index contributed by atoms with van der Waals surface area (Å²) in [6, 6.07) is 1.87. The highest BCUT2D eigenvalue weighted by atomic mass is 32.1. The predicted octanol–water partition coefficient (Wildman–Crippen LogP) is 1.58. The summed E-state index contributed by atoms with van der Waals surface area (Å²) in [5, 5.41) is 8.88. The summed E-state index contributed by atoms with van der Waals surface area (Å²) in [6.45, 7) is 2.54. The van der Waals surface area contributed by atoms with Gasteiger partial charge in [-0.3, -0.25) is 4.98 Å². The number of nitrogen functional groups attached to an aromatic ring is 1. The maximum Gasteiger partial charge on any atom is 0.203 e. The first-order valence-electron chi connectivity index (χ1n) is 4.47. The van der Waals surface area contributed by atoms with Gasteiger partial charge in [0, 0.05) is 11.8 Å². The molecule has 0 aliphatic rings. The van der Waals surface area contributed by atoms with E-state index in [-0.39, 0.29) is 0 Å². The molecule has 0 spiro atoms. The lowest BCUT2D eigenvalue weighted by Crippen LogP contribution is -1.92. The number of ether oxygens (including phenoxy) is 1. The summed E-state index contributed by atoms with van der Waals surface area (Å²) in [6.07, 6.45) is 3.37. The molecule has 2 rings (SSSR count). The first-order valence-corrected chi connectivity index (χ1v) is 5.28. The average molecular weight is 222 g/mol. The van der Waals surface area contributed by atoms with Crippen molar-refractivity contribution in [1.29, 1.82) is 0 Å². The summed E-state index contributed by atoms with van der Waals surface area (Å²) in [4.78, 5) is 4.06. The zero-order chi connectivity index (χ0) is 10.7. The van der Waals surface area contributed by atoms with Gasteiger partial charge in [-0.15, -0.1) is 10.2 Å². The Morgan fingerprint density at radius 3 is 2.93 bits per heavy atom. The molecule has 6 heteroatoms. The van der Waals surface area contributed by atoms with Crippen LogP contribution < -0.4 is 10.5 Å². The highest BCUT2D eigenvalue weighted by Crippen LogP contribution is 2.26. The van der Waals surface area contributed by atoms with Crippen molar-refractivity contribution in [3.8, 4) is 16.3 Å². The number of aromatic nitrogens is 3. The maximum absolute atomic E-state index is 5.51. The van der Waals surface area contributed by atoms with Gasteiger partial charge in [-0.1, -0.05) is 11.3 Å². The number of nitrogens with zero attached hydrogens (tertiary/aromatic N) is 3. The fourth-order valence-corrected chi connectivity index (χ4v) is 1.72. The molecule has 2 aromatic heterocycles. The number of hydrogen-bond donors (Lipinski definition) is 1. The fraction of sp³-hybridized carbons (Fsp3) is 0.222. The van der Waals surface area contributed by atoms with Crippen LogP contribution in [0.3, 0.4) is 0 Å². The smallest absolute Gasteiger partial charge is 0.203 e. The van der Waals surface area contributed by atoms with Crippen molar-refractivity contribution in [2.45, 2.75) is 6.92 Å². The third-order valence-corrected chi connectivity index (χ3v) is 2.51. The van der Waals surface area contributed by atoms with E-state index in [2.05, 4.69) is 15.2 Å². The molecule has 78 valence electrons. The van der Waals surface area contributed by atoms with Crippen LogP contribution in [0, 0.1) is 0 Å². The number of nitrogens with two attached hydrogens (primary N) is 1. The molecule has 15 heavy (non-hydrogen) atoms. The molecule has 0 saturated carbocycles. The van der Waals surface area contributed by atoms with Gasteiger partial charge < -0.3 is 10.5 Å². The topological polar surface area (TPSA) is 73.9 Å². The lowest BCUT2D eigenvalue weighted by Gasteiger charge is -2.02. The average Bonchev–Trinajstić information content (AvgIpc) is 2.66. The number of pyridine rings is 1. The summed E-state index contributed by atoms with van der Waals surface area (Å²) in [5.74, 6) is 0.726. The highest BCUT2D eigenvalue weighted by molar-refractivity contribution is 7.18. The lowest BCUT2D eigenvalue weighted by atomic mass is 10.3. The Hall–Kier alpha value is -1.69. The van der Waals surface area contributed by atoms with Gasteiger partial charge in [-0.25, -0.2) is 0 Å². The lowest BCUT2D eigenvalue weighted by molar-refractivity contribution is 0.339. The minimum absolute atomic E-state index is 0.451. The Morgan fingerprint density at radius 2 is 2.27 bits per heavy atom. The first kappa shape index (κ1) is 9.85. The number of anilines is 1. The zero-order valence-corrected chi connectivity index (χ0v) is 8.99. The van der Waals surface area contributed by atoms with E-state index in [1.165, 1.54) is 11.3 Å². The molecule has 0 atom stereocenters. The molecule has 0 fully saturated rings. The van der Waals surface area contributed by atoms with Crippen molar-refractivity contribution in [2.75, 3.05) is 12.3 Å². The van der Waals surface area contributed by atoms with E-state index in [1.54, 1.807) is 12.4 Å². The molecular weight excluding hydrogens is 212 g/mol. The predicted molar refractivity (Wildman–Crippen MR) is 58.7 cm³/mol. The van der Waals surface area contributed by atoms with Crippen LogP contribution in [-0.2, 0) is 0 Å². The minimum atomic E-state index is 0.451. The van der Waals surface area contributed by atoms with Crippen LogP contribution in [0.15, 0.2) is 18.5 Å². The van der Waals surface area contributed by atoms with Crippen LogP contribution in [0.5, 0.6) is 5.75 Å². The summed E-state index contributed by atoms with van der Waals surface area (Å²) in [7, 11) is 0. The van der Waals surface area contributed by atoms with Crippen molar-refractivity contribution < 1.29 is 4.74 Å². The van der Waals surface area contributed by atoms with Gasteiger partial charge in [-0.2, -0.15) is 0 Å². The standard InChI is InChI=1S/C9H10N4OS/c1-2-14-7-3-6(4-11-5-7)8-12-13-9(10)15-8/h3-5H,2H2,1H3,(H2,10,13). The Balaban J connectivity index is 2.32. The molecule has 0 aliphatic heterocycles. The molecular formula is C9H10N4OS. The molecule has 2 heterocycles. The minimum Gasteiger partial charge on any atom is -0.492 e. The third-order valence-electron chi connectivity index (χ3n) is 1.71. The van der Waals surface area contributed by atoms with Gasteiger partial charge in [0.25, 0.3) is 0 Å². The molecule has 0 unspecified atom stereocenters. The second-order valence-corrected chi connectivity index (χ2v) is 3.80. The second kappa shape index (κ2) is 4.22. The van der Waals surface area contributed by atoms with Crippen molar-refractivity contribution in [3.63, 3.8) is 0 Å². The van der Waals surface area contributed by atoms with E-state index in [9.17, 15) is 0 Å². The van der Waals surface area contributed by atoms with Crippen molar-refractivity contribution >= 4 is 16.5 Å². The van der Waals surface area contributed by atoms with E-state index in [1.807, 2.05) is 13.0 Å². The Kier molecular flexibility index (Phi) is 2.77. The molecule has 0 radical (unpaired) electrons. The second-order valence-electron chi connectivity index (χ2n) is 2.79. The van der Waals surface area contributed by atoms with Crippen LogP contribution >= 0.6 is 11.3 Å². The van der Waals surface area contributed by atoms with Crippen molar-refractivity contribution in [2.24, 2.45) is 0 Å². The molecule has 0 aliphatic carbocycles. The van der Waals surface area contributed by atoms with E-state index in [4.69, 9.17) is 10.5 Å². The van der Waals surface area contributed by atoms with Crippen LogP contribution in [0.25, 0.3) is 10.6 Å². The highest BCUT2D eigenvalue weighted by Gasteiger charge is 2.05. The van der Waals surface area contributed by atoms with Crippen LogP contribution in [-0.4, -0.2) is 21.8 Å². The Morgan fingerprint density at radius 1 is 1.40 bits per heavy atom. The molecule has 0 bridgehead atoms. The largest absolute Gasteiger partial charge is 0.492 e. The Bertz CT molecular complexity index is 457. The molecule has 2 aromatic rings. The van der Waals surface area contributed by atoms with Gasteiger partial charge in [0.15, 0.2) is 5.01 Å². The van der Waals surface area contributed by atoms with E-state index in [0.717, 1.165) is 16.3 Å². The first-order chi connectivity index (χ1) is 7.29. The van der Waals surface area contributed by atoms with Gasteiger partial charge in [-0.05, 0) is 13.0 Å². The van der Waals surface area contributed by atoms with E-state index in [0.29, 0.717) is 11.7 Å². The number of hydrogen-bond acceptors (Lipinski definition) is 6. The monoisotopic (exact) mass is 222 g/mol. The summed E-state index contributed by atoms with van der Waals surface area (Å²) < 4.78 is 5.34. The molecule has 0 saturated heterocycles. The molecule has 5 nitrogen and oxygen atoms in total. The van der Waals surface area contributed by atoms with Crippen molar-refractivity contribution in [3.05, 3.63) is 18.5 Å². The normalized spacial score (nSPS) is 10.2. The third kappa shape index (κ3) is 2.21. The zero-order valence-electron chi connectivity index (χ0n) is 8.17. The van der Waals surface area contributed by atoms with Crippen molar-refractivity contribution in [1.82, 2.24) is 15.2 Å². The summed E-state index contributed by atoms with van der Waals surface area (Å²) >= 11 is 1.33. The molecule has 2 N–H and O–H groups in total. The quantitative estimate of drug-likeness (QED) is 0.853. The van der Waals surface area contributed by atoms with E-state index >= 15 is 0 Å². The van der Waals surface area contributed by atoms with Gasteiger partial charge in [0.2, 0.25) is 5.13 Å². The van der Waals surface area contributed by atoms with E-state index < -0.39 is 0 Å². The van der Waals surface area contributed by atoms with Gasteiger partial charge >= 0.3 is 0 Å². The maximum atomic E-state index is 5.51. The SMILES string of the molecule is CCOc1cncc(-c2nnc(N)s2)c1. The molecule has 0 amide bonds. The van der Waals surface area contributed by atoms with Crippen LogP contribution in [0.1, 0.15) is 6.92 Å². The van der Waals surface area contributed by atoms with Crippen LogP contribution in [0.2, 0.25) is 0 Å². The molecule has 0 aromatic carbocycles. The fourth-order valence-electron chi connectivity index (χ4n) is 1.13.